The second kappa shape index (κ2) is 8.42. The van der Waals surface area contributed by atoms with Crippen LogP contribution in [0.2, 0.25) is 0 Å². The van der Waals surface area contributed by atoms with Crippen LogP contribution in [0.1, 0.15) is 32.8 Å². The second-order valence-electron chi connectivity index (χ2n) is 5.76. The molecule has 0 bridgehead atoms. The topological polar surface area (TPSA) is 54.0 Å². The van der Waals surface area contributed by atoms with E-state index >= 15 is 0 Å². The standard InChI is InChI=1S/C19H22N4S/c1-5-6-10-17(11-14(2)3)21-19-23(4)22-18(24-19)16-9-7-8-15(12-16)13-20/h6-12,14H,5H2,1-4H3/b10-6-,17-11+,21-19?. The van der Waals surface area contributed by atoms with Crippen LogP contribution in [0.5, 0.6) is 0 Å². The van der Waals surface area contributed by atoms with E-state index in [0.717, 1.165) is 27.5 Å². The van der Waals surface area contributed by atoms with Crippen molar-refractivity contribution >= 4 is 11.3 Å². The highest BCUT2D eigenvalue weighted by molar-refractivity contribution is 7.12. The molecule has 0 aliphatic rings. The quantitative estimate of drug-likeness (QED) is 0.757. The zero-order chi connectivity index (χ0) is 17.5. The van der Waals surface area contributed by atoms with Crippen LogP contribution < -0.4 is 4.80 Å². The van der Waals surface area contributed by atoms with Crippen molar-refractivity contribution in [1.82, 2.24) is 9.78 Å². The molecule has 0 saturated heterocycles. The molecule has 2 rings (SSSR count). The Morgan fingerprint density at radius 1 is 1.46 bits per heavy atom. The molecule has 24 heavy (non-hydrogen) atoms. The van der Waals surface area contributed by atoms with Gasteiger partial charge in [-0.2, -0.15) is 10.4 Å². The summed E-state index contributed by atoms with van der Waals surface area (Å²) < 4.78 is 1.78. The number of aryl methyl sites for hydroxylation is 1. The first-order valence-corrected chi connectivity index (χ1v) is 8.83. The van der Waals surface area contributed by atoms with Gasteiger partial charge < -0.3 is 0 Å². The van der Waals surface area contributed by atoms with E-state index in [0.29, 0.717) is 11.5 Å². The summed E-state index contributed by atoms with van der Waals surface area (Å²) in [5, 5.41) is 14.5. The third kappa shape index (κ3) is 4.77. The molecule has 0 atom stereocenters. The third-order valence-corrected chi connectivity index (χ3v) is 4.25. The number of nitrogens with zero attached hydrogens (tertiary/aromatic N) is 4. The first kappa shape index (κ1) is 17.9. The van der Waals surface area contributed by atoms with Gasteiger partial charge in [-0.25, -0.2) is 9.67 Å². The minimum Gasteiger partial charge on any atom is -0.241 e. The van der Waals surface area contributed by atoms with Gasteiger partial charge in [0.05, 0.1) is 17.3 Å². The first-order chi connectivity index (χ1) is 11.5. The van der Waals surface area contributed by atoms with E-state index in [4.69, 9.17) is 10.3 Å². The summed E-state index contributed by atoms with van der Waals surface area (Å²) in [6.07, 6.45) is 7.28. The van der Waals surface area contributed by atoms with E-state index in [1.165, 1.54) is 11.3 Å². The zero-order valence-corrected chi connectivity index (χ0v) is 15.3. The second-order valence-corrected chi connectivity index (χ2v) is 6.72. The van der Waals surface area contributed by atoms with Gasteiger partial charge >= 0.3 is 0 Å². The number of aromatic nitrogens is 2. The highest BCUT2D eigenvalue weighted by Gasteiger charge is 2.06. The Morgan fingerprint density at radius 2 is 2.25 bits per heavy atom. The maximum Gasteiger partial charge on any atom is 0.208 e. The lowest BCUT2D eigenvalue weighted by molar-refractivity contribution is 0.728. The molecule has 0 spiro atoms. The fourth-order valence-corrected chi connectivity index (χ4v) is 3.01. The van der Waals surface area contributed by atoms with E-state index in [1.807, 2.05) is 25.2 Å². The lowest BCUT2D eigenvalue weighted by Crippen LogP contribution is -2.11. The van der Waals surface area contributed by atoms with Gasteiger partial charge in [0.1, 0.15) is 5.01 Å². The number of benzene rings is 1. The van der Waals surface area contributed by atoms with Crippen molar-refractivity contribution in [2.75, 3.05) is 0 Å². The van der Waals surface area contributed by atoms with E-state index in [-0.39, 0.29) is 0 Å². The highest BCUT2D eigenvalue weighted by Crippen LogP contribution is 2.20. The fraction of sp³-hybridized carbons (Fsp3) is 0.316. The molecular weight excluding hydrogens is 316 g/mol. The van der Waals surface area contributed by atoms with E-state index in [9.17, 15) is 0 Å². The van der Waals surface area contributed by atoms with Gasteiger partial charge in [0.15, 0.2) is 0 Å². The summed E-state index contributed by atoms with van der Waals surface area (Å²) in [7, 11) is 1.89. The van der Waals surface area contributed by atoms with Crippen LogP contribution in [0.25, 0.3) is 10.6 Å². The average Bonchev–Trinajstić information content (AvgIpc) is 2.93. The predicted octanol–water partition coefficient (Wildman–Crippen LogP) is 4.43. The molecule has 1 aromatic carbocycles. The van der Waals surface area contributed by atoms with Crippen molar-refractivity contribution < 1.29 is 0 Å². The lowest BCUT2D eigenvalue weighted by Gasteiger charge is -1.98. The maximum atomic E-state index is 9.05. The lowest BCUT2D eigenvalue weighted by atomic mass is 10.1. The molecule has 4 nitrogen and oxygen atoms in total. The Balaban J connectivity index is 2.46. The van der Waals surface area contributed by atoms with Gasteiger partial charge in [0, 0.05) is 12.6 Å². The molecule has 5 heteroatoms. The molecule has 0 unspecified atom stereocenters. The fourth-order valence-electron chi connectivity index (χ4n) is 2.11. The molecule has 2 aromatic rings. The van der Waals surface area contributed by atoms with E-state index < -0.39 is 0 Å². The molecule has 1 aromatic heterocycles. The maximum absolute atomic E-state index is 9.05. The van der Waals surface area contributed by atoms with Gasteiger partial charge in [0.2, 0.25) is 4.80 Å². The molecule has 0 aliphatic carbocycles. The summed E-state index contributed by atoms with van der Waals surface area (Å²) in [4.78, 5) is 5.59. The van der Waals surface area contributed by atoms with E-state index in [2.05, 4.69) is 50.2 Å². The highest BCUT2D eigenvalue weighted by atomic mass is 32.1. The number of nitriles is 1. The third-order valence-electron chi connectivity index (χ3n) is 3.20. The summed E-state index contributed by atoms with van der Waals surface area (Å²) in [6, 6.07) is 9.65. The van der Waals surface area contributed by atoms with Gasteiger partial charge in [-0.05, 0) is 30.5 Å². The van der Waals surface area contributed by atoms with Crippen molar-refractivity contribution in [3.63, 3.8) is 0 Å². The molecular formula is C19H22N4S. The van der Waals surface area contributed by atoms with Crippen LogP contribution >= 0.6 is 11.3 Å². The molecule has 0 amide bonds. The zero-order valence-electron chi connectivity index (χ0n) is 14.5. The summed E-state index contributed by atoms with van der Waals surface area (Å²) in [5.74, 6) is 0.426. The van der Waals surface area contributed by atoms with Crippen LogP contribution in [-0.2, 0) is 7.05 Å². The SMILES string of the molecule is CC/C=C\C(=C/C(C)C)N=c1sc(-c2cccc(C#N)c2)nn1C. The Bertz CT molecular complexity index is 860. The van der Waals surface area contributed by atoms with Crippen molar-refractivity contribution in [2.45, 2.75) is 27.2 Å². The van der Waals surface area contributed by atoms with Crippen LogP contribution in [-0.4, -0.2) is 9.78 Å². The van der Waals surface area contributed by atoms with Crippen molar-refractivity contribution in [2.24, 2.45) is 18.0 Å². The Labute approximate surface area is 147 Å². The van der Waals surface area contributed by atoms with E-state index in [1.54, 1.807) is 10.7 Å². The largest absolute Gasteiger partial charge is 0.241 e. The minimum absolute atomic E-state index is 0.426. The summed E-state index contributed by atoms with van der Waals surface area (Å²) in [5.41, 5.74) is 2.52. The average molecular weight is 338 g/mol. The molecule has 0 aliphatic heterocycles. The van der Waals surface area contributed by atoms with Gasteiger partial charge in [-0.3, -0.25) is 0 Å². The van der Waals surface area contributed by atoms with Crippen molar-refractivity contribution in [3.05, 3.63) is 58.6 Å². The number of hydrogen-bond donors (Lipinski definition) is 0. The molecule has 0 radical (unpaired) electrons. The number of allylic oxidation sites excluding steroid dienone is 3. The molecule has 0 saturated carbocycles. The van der Waals surface area contributed by atoms with Crippen LogP contribution in [0.3, 0.4) is 0 Å². The Hall–Kier alpha value is -2.45. The van der Waals surface area contributed by atoms with Gasteiger partial charge in [-0.15, -0.1) is 0 Å². The molecule has 124 valence electrons. The van der Waals surface area contributed by atoms with Crippen molar-refractivity contribution in [1.29, 1.82) is 5.26 Å². The Kier molecular flexibility index (Phi) is 6.28. The normalized spacial score (nSPS) is 13.0. The summed E-state index contributed by atoms with van der Waals surface area (Å²) >= 11 is 1.52. The monoisotopic (exact) mass is 338 g/mol. The van der Waals surface area contributed by atoms with Gasteiger partial charge in [-0.1, -0.05) is 56.4 Å². The number of rotatable bonds is 5. The smallest absolute Gasteiger partial charge is 0.208 e. The number of hydrogen-bond acceptors (Lipinski definition) is 4. The molecule has 1 heterocycles. The van der Waals surface area contributed by atoms with Crippen LogP contribution in [0, 0.1) is 17.2 Å². The predicted molar refractivity (Wildman–Crippen MR) is 99.2 cm³/mol. The van der Waals surface area contributed by atoms with Crippen molar-refractivity contribution in [3.8, 4) is 16.6 Å². The minimum atomic E-state index is 0.426. The van der Waals surface area contributed by atoms with Crippen LogP contribution in [0.4, 0.5) is 0 Å². The van der Waals surface area contributed by atoms with Crippen LogP contribution in [0.15, 0.2) is 53.2 Å². The molecule has 0 N–H and O–H groups in total. The Morgan fingerprint density at radius 3 is 2.92 bits per heavy atom. The molecule has 0 fully saturated rings. The first-order valence-electron chi connectivity index (χ1n) is 8.01. The summed E-state index contributed by atoms with van der Waals surface area (Å²) in [6.45, 7) is 6.39. The van der Waals surface area contributed by atoms with Gasteiger partial charge in [0.25, 0.3) is 0 Å².